The van der Waals surface area contributed by atoms with Crippen molar-refractivity contribution in [2.45, 2.75) is 40.2 Å². The molecule has 0 spiro atoms. The van der Waals surface area contributed by atoms with E-state index in [0.29, 0.717) is 10.9 Å². The van der Waals surface area contributed by atoms with Crippen molar-refractivity contribution in [3.05, 3.63) is 55.2 Å². The van der Waals surface area contributed by atoms with Crippen molar-refractivity contribution in [3.8, 4) is 0 Å². The number of aryl methyl sites for hydroxylation is 1. The Balaban J connectivity index is 2.32. The topological polar surface area (TPSA) is 65.8 Å². The summed E-state index contributed by atoms with van der Waals surface area (Å²) in [6, 6.07) is 7.74. The van der Waals surface area contributed by atoms with E-state index in [2.05, 4.69) is 29.7 Å². The number of hydrogen-bond donors (Lipinski definition) is 2. The minimum atomic E-state index is -0.573. The van der Waals surface area contributed by atoms with E-state index in [1.807, 2.05) is 38.1 Å². The summed E-state index contributed by atoms with van der Waals surface area (Å²) >= 11 is 7.69. The van der Waals surface area contributed by atoms with Crippen molar-refractivity contribution in [1.29, 1.82) is 0 Å². The van der Waals surface area contributed by atoms with E-state index < -0.39 is 5.54 Å². The lowest BCUT2D eigenvalue weighted by Crippen LogP contribution is -2.46. The average Bonchev–Trinajstić information content (AvgIpc) is 2.77. The quantitative estimate of drug-likeness (QED) is 0.776. The van der Waals surface area contributed by atoms with Gasteiger partial charge in [-0.25, -0.2) is 10.4 Å². The van der Waals surface area contributed by atoms with Crippen molar-refractivity contribution >= 4 is 40.4 Å². The number of halogens is 1. The summed E-state index contributed by atoms with van der Waals surface area (Å²) in [4.78, 5) is 17.3. The van der Waals surface area contributed by atoms with Gasteiger partial charge in [0.25, 0.3) is 0 Å². The normalized spacial score (nSPS) is 17.2. The zero-order valence-corrected chi connectivity index (χ0v) is 17.0. The van der Waals surface area contributed by atoms with E-state index in [1.165, 1.54) is 17.4 Å². The van der Waals surface area contributed by atoms with E-state index in [4.69, 9.17) is 16.6 Å². The van der Waals surface area contributed by atoms with Gasteiger partial charge in [-0.1, -0.05) is 23.7 Å². The molecule has 0 fully saturated rings. The zero-order chi connectivity index (χ0) is 19.1. The van der Waals surface area contributed by atoms with Crippen LogP contribution in [0.4, 0.5) is 0 Å². The molecule has 1 aromatic carbocycles. The molecule has 0 saturated heterocycles. The van der Waals surface area contributed by atoms with E-state index in [9.17, 15) is 4.79 Å². The smallest absolute Gasteiger partial charge is 0.237 e. The molecule has 3 rings (SSSR count). The van der Waals surface area contributed by atoms with Gasteiger partial charge in [-0.05, 0) is 51.0 Å². The molecule has 0 radical (unpaired) electrons. The van der Waals surface area contributed by atoms with E-state index in [0.717, 1.165) is 21.2 Å². The van der Waals surface area contributed by atoms with Crippen molar-refractivity contribution in [1.82, 2.24) is 10.7 Å². The van der Waals surface area contributed by atoms with Gasteiger partial charge in [-0.3, -0.25) is 4.79 Å². The summed E-state index contributed by atoms with van der Waals surface area (Å²) in [6.07, 6.45) is 0. The highest BCUT2D eigenvalue weighted by Gasteiger charge is 2.30. The number of hydrogen-bond acceptors (Lipinski definition) is 4. The lowest BCUT2D eigenvalue weighted by Gasteiger charge is -2.27. The summed E-state index contributed by atoms with van der Waals surface area (Å²) in [6.45, 7) is 9.59. The number of thiophene rings is 1. The second-order valence-electron chi connectivity index (χ2n) is 6.81. The number of hydrazone groups is 1. The maximum absolute atomic E-state index is 11.3. The molecule has 136 valence electrons. The van der Waals surface area contributed by atoms with Crippen molar-refractivity contribution < 1.29 is 4.79 Å². The maximum Gasteiger partial charge on any atom is 0.237 e. The van der Waals surface area contributed by atoms with Crippen LogP contribution in [0.5, 0.6) is 0 Å². The zero-order valence-electron chi connectivity index (χ0n) is 15.4. The van der Waals surface area contributed by atoms with Gasteiger partial charge in [-0.15, -0.1) is 11.3 Å². The SMILES string of the molecule is CC(=O)N/N=C1\N=c2sc(C)c(C)c2=C(c2ccc(Cl)cc2)NC1(C)C. The molecule has 0 aliphatic carbocycles. The number of rotatable bonds is 2. The maximum atomic E-state index is 11.3. The van der Waals surface area contributed by atoms with Crippen LogP contribution in [-0.4, -0.2) is 17.3 Å². The summed E-state index contributed by atoms with van der Waals surface area (Å²) in [5.74, 6) is 0.299. The first-order chi connectivity index (χ1) is 12.2. The number of amides is 1. The Hall–Kier alpha value is -2.18. The Morgan fingerprint density at radius 2 is 1.92 bits per heavy atom. The van der Waals surface area contributed by atoms with Crippen LogP contribution in [0.1, 0.15) is 36.8 Å². The Labute approximate surface area is 161 Å². The molecule has 1 aromatic heterocycles. The minimum Gasteiger partial charge on any atom is -0.372 e. The van der Waals surface area contributed by atoms with Crippen LogP contribution in [0.25, 0.3) is 5.70 Å². The number of carbonyl (C=O) groups is 1. The fraction of sp³-hybridized carbons (Fsp3) is 0.316. The molecule has 2 aromatic rings. The second-order valence-corrected chi connectivity index (χ2v) is 8.45. The number of nitrogens with one attached hydrogen (secondary N) is 2. The highest BCUT2D eigenvalue weighted by Crippen LogP contribution is 2.20. The van der Waals surface area contributed by atoms with Crippen LogP contribution in [0.2, 0.25) is 5.02 Å². The van der Waals surface area contributed by atoms with Gasteiger partial charge < -0.3 is 5.32 Å². The van der Waals surface area contributed by atoms with Crippen LogP contribution in [0, 0.1) is 13.8 Å². The van der Waals surface area contributed by atoms with Gasteiger partial charge in [0.15, 0.2) is 5.84 Å². The molecule has 2 heterocycles. The van der Waals surface area contributed by atoms with E-state index >= 15 is 0 Å². The van der Waals surface area contributed by atoms with E-state index in [1.54, 1.807) is 11.3 Å². The number of benzene rings is 1. The predicted molar refractivity (Wildman–Crippen MR) is 107 cm³/mol. The lowest BCUT2D eigenvalue weighted by molar-refractivity contribution is -0.118. The molecule has 0 atom stereocenters. The molecule has 1 aliphatic heterocycles. The molecular formula is C19H21ClN4OS. The predicted octanol–water partition coefficient (Wildman–Crippen LogP) is 2.63. The molecule has 0 saturated carbocycles. The molecular weight excluding hydrogens is 368 g/mol. The standard InChI is InChI=1S/C19H21ClN4OS/c1-10-11(2)26-17-15(10)16(13-6-8-14(20)9-7-13)22-19(4,5)18(21-17)24-23-12(3)25/h6-9,22H,1-5H3,(H,23,25)/b24-18-. The lowest BCUT2D eigenvalue weighted by atomic mass is 10.0. The van der Waals surface area contributed by atoms with Crippen molar-refractivity contribution in [2.75, 3.05) is 0 Å². The molecule has 0 bridgehead atoms. The fourth-order valence-corrected chi connectivity index (χ4v) is 3.94. The van der Waals surface area contributed by atoms with Crippen LogP contribution < -0.4 is 20.6 Å². The first kappa shape index (κ1) is 18.6. The van der Waals surface area contributed by atoms with Gasteiger partial charge in [0.05, 0.1) is 11.2 Å². The third kappa shape index (κ3) is 3.52. The third-order valence-electron chi connectivity index (χ3n) is 4.27. The highest BCUT2D eigenvalue weighted by atomic mass is 35.5. The molecule has 1 amide bonds. The fourth-order valence-electron chi connectivity index (χ4n) is 2.78. The van der Waals surface area contributed by atoms with E-state index in [-0.39, 0.29) is 5.91 Å². The van der Waals surface area contributed by atoms with Gasteiger partial charge in [-0.2, -0.15) is 5.10 Å². The largest absolute Gasteiger partial charge is 0.372 e. The van der Waals surface area contributed by atoms with Crippen LogP contribution in [0.3, 0.4) is 0 Å². The van der Waals surface area contributed by atoms with Crippen molar-refractivity contribution in [2.24, 2.45) is 10.1 Å². The molecule has 1 aliphatic rings. The number of amidine groups is 1. The molecule has 26 heavy (non-hydrogen) atoms. The van der Waals surface area contributed by atoms with Crippen LogP contribution in [-0.2, 0) is 4.79 Å². The Bertz CT molecular complexity index is 1020. The number of fused-ring (bicyclic) bond motifs is 1. The van der Waals surface area contributed by atoms with Crippen molar-refractivity contribution in [3.63, 3.8) is 0 Å². The summed E-state index contributed by atoms with van der Waals surface area (Å²) < 4.78 is 0.882. The Kier molecular flexibility index (Phi) is 4.90. The summed E-state index contributed by atoms with van der Waals surface area (Å²) in [5, 5.41) is 9.57. The van der Waals surface area contributed by atoms with Gasteiger partial charge >= 0.3 is 0 Å². The summed E-state index contributed by atoms with van der Waals surface area (Å²) in [5.41, 5.74) is 5.13. The van der Waals surface area contributed by atoms with Gasteiger partial charge in [0.1, 0.15) is 4.67 Å². The second kappa shape index (κ2) is 6.85. The van der Waals surface area contributed by atoms with Crippen LogP contribution in [0.15, 0.2) is 34.4 Å². The Morgan fingerprint density at radius 3 is 2.54 bits per heavy atom. The van der Waals surface area contributed by atoms with Crippen LogP contribution >= 0.6 is 22.9 Å². The highest BCUT2D eigenvalue weighted by molar-refractivity contribution is 7.09. The average molecular weight is 389 g/mol. The molecule has 5 nitrogen and oxygen atoms in total. The number of carbonyl (C=O) groups excluding carboxylic acids is 1. The monoisotopic (exact) mass is 388 g/mol. The first-order valence-electron chi connectivity index (χ1n) is 8.27. The first-order valence-corrected chi connectivity index (χ1v) is 9.46. The van der Waals surface area contributed by atoms with Gasteiger partial charge in [0, 0.05) is 22.0 Å². The Morgan fingerprint density at radius 1 is 1.27 bits per heavy atom. The van der Waals surface area contributed by atoms with Gasteiger partial charge in [0.2, 0.25) is 5.91 Å². The summed E-state index contributed by atoms with van der Waals surface area (Å²) in [7, 11) is 0. The third-order valence-corrected chi connectivity index (χ3v) is 5.63. The minimum absolute atomic E-state index is 0.228. The molecule has 0 unspecified atom stereocenters. The number of nitrogens with zero attached hydrogens (tertiary/aromatic N) is 2. The molecule has 7 heteroatoms. The molecule has 2 N–H and O–H groups in total.